The van der Waals surface area contributed by atoms with Crippen molar-refractivity contribution in [1.82, 2.24) is 4.90 Å². The van der Waals surface area contributed by atoms with Crippen LogP contribution in [0.4, 0.5) is 5.69 Å². The molecule has 1 aromatic heterocycles. The van der Waals surface area contributed by atoms with Crippen LogP contribution in [0, 0.1) is 10.1 Å². The first-order valence-corrected chi connectivity index (χ1v) is 9.77. The summed E-state index contributed by atoms with van der Waals surface area (Å²) in [7, 11) is 0. The lowest BCUT2D eigenvalue weighted by molar-refractivity contribution is -0.384. The lowest BCUT2D eigenvalue weighted by atomic mass is 9.98. The number of benzene rings is 2. The number of para-hydroxylation sites is 1. The van der Waals surface area contributed by atoms with Gasteiger partial charge in [0.1, 0.15) is 5.58 Å². The Morgan fingerprint density at radius 3 is 2.73 bits per heavy atom. The summed E-state index contributed by atoms with van der Waals surface area (Å²) in [6.45, 7) is 0.911. The molecule has 0 N–H and O–H groups in total. The van der Waals surface area contributed by atoms with Gasteiger partial charge in [-0.25, -0.2) is 0 Å². The van der Waals surface area contributed by atoms with Crippen molar-refractivity contribution in [2.45, 2.75) is 25.0 Å². The van der Waals surface area contributed by atoms with Gasteiger partial charge >= 0.3 is 0 Å². The molecular weight excluding hydrogens is 388 g/mol. The largest absolute Gasteiger partial charge is 0.450 e. The fraction of sp³-hybridized carbons (Fsp3) is 0.273. The molecule has 8 nitrogen and oxygen atoms in total. The van der Waals surface area contributed by atoms with Crippen molar-refractivity contribution in [1.29, 1.82) is 0 Å². The second kappa shape index (κ2) is 7.07. The third-order valence-electron chi connectivity index (χ3n) is 5.69. The molecule has 1 fully saturated rings. The Balaban J connectivity index is 1.71. The summed E-state index contributed by atoms with van der Waals surface area (Å²) in [6, 6.07) is 12.0. The molecule has 0 radical (unpaired) electrons. The summed E-state index contributed by atoms with van der Waals surface area (Å²) < 4.78 is 11.6. The fourth-order valence-electron chi connectivity index (χ4n) is 4.32. The van der Waals surface area contributed by atoms with Crippen LogP contribution >= 0.6 is 0 Å². The van der Waals surface area contributed by atoms with Gasteiger partial charge < -0.3 is 14.1 Å². The Bertz CT molecular complexity index is 1230. The van der Waals surface area contributed by atoms with E-state index in [1.54, 1.807) is 41.3 Å². The van der Waals surface area contributed by atoms with Crippen LogP contribution in [0.1, 0.15) is 40.6 Å². The summed E-state index contributed by atoms with van der Waals surface area (Å²) in [4.78, 5) is 39.0. The summed E-state index contributed by atoms with van der Waals surface area (Å²) >= 11 is 0. The van der Waals surface area contributed by atoms with E-state index in [1.807, 2.05) is 0 Å². The Kier molecular flexibility index (Phi) is 4.36. The Hall–Kier alpha value is -3.52. The van der Waals surface area contributed by atoms with Crippen LogP contribution in [0.3, 0.4) is 0 Å². The molecule has 0 aliphatic carbocycles. The van der Waals surface area contributed by atoms with E-state index in [4.69, 9.17) is 9.15 Å². The first-order valence-electron chi connectivity index (χ1n) is 9.77. The van der Waals surface area contributed by atoms with Crippen molar-refractivity contribution in [3.05, 3.63) is 85.8 Å². The number of fused-ring (bicyclic) bond motifs is 2. The minimum absolute atomic E-state index is 0.00629. The van der Waals surface area contributed by atoms with E-state index >= 15 is 0 Å². The van der Waals surface area contributed by atoms with Gasteiger partial charge in [0.2, 0.25) is 5.76 Å². The molecule has 5 rings (SSSR count). The molecule has 2 aromatic carbocycles. The fourth-order valence-corrected chi connectivity index (χ4v) is 4.32. The van der Waals surface area contributed by atoms with Crippen molar-refractivity contribution in [2.24, 2.45) is 0 Å². The maximum Gasteiger partial charge on any atom is 0.291 e. The highest BCUT2D eigenvalue weighted by Gasteiger charge is 2.44. The molecule has 3 heterocycles. The zero-order valence-electron chi connectivity index (χ0n) is 15.9. The predicted molar refractivity (Wildman–Crippen MR) is 107 cm³/mol. The van der Waals surface area contributed by atoms with Crippen LogP contribution in [0.15, 0.2) is 57.7 Å². The van der Waals surface area contributed by atoms with Crippen LogP contribution in [0.5, 0.6) is 0 Å². The monoisotopic (exact) mass is 406 g/mol. The second-order valence-electron chi connectivity index (χ2n) is 7.52. The third-order valence-corrected chi connectivity index (χ3v) is 5.69. The quantitative estimate of drug-likeness (QED) is 0.486. The number of nitrogens with zero attached hydrogens (tertiary/aromatic N) is 2. The number of hydrogen-bond acceptors (Lipinski definition) is 6. The number of ether oxygens (including phenoxy) is 1. The number of hydrogen-bond donors (Lipinski definition) is 0. The van der Waals surface area contributed by atoms with Gasteiger partial charge in [0.05, 0.1) is 28.0 Å². The Morgan fingerprint density at radius 2 is 1.97 bits per heavy atom. The summed E-state index contributed by atoms with van der Waals surface area (Å²) in [5, 5.41) is 11.7. The van der Waals surface area contributed by atoms with Gasteiger partial charge in [-0.1, -0.05) is 24.3 Å². The van der Waals surface area contributed by atoms with Gasteiger partial charge in [0.25, 0.3) is 11.6 Å². The third kappa shape index (κ3) is 2.88. The average Bonchev–Trinajstić information content (AvgIpc) is 3.36. The highest BCUT2D eigenvalue weighted by atomic mass is 16.6. The van der Waals surface area contributed by atoms with Gasteiger partial charge in [0.15, 0.2) is 5.43 Å². The van der Waals surface area contributed by atoms with Crippen LogP contribution < -0.4 is 5.43 Å². The average molecular weight is 406 g/mol. The topological polar surface area (TPSA) is 103 Å². The van der Waals surface area contributed by atoms with Crippen molar-refractivity contribution >= 4 is 22.6 Å². The summed E-state index contributed by atoms with van der Waals surface area (Å²) in [6.07, 6.45) is 1.57. The molecule has 2 aliphatic rings. The molecule has 8 heteroatoms. The molecule has 0 spiro atoms. The number of non-ortho nitro benzene ring substituents is 1. The Morgan fingerprint density at radius 1 is 1.13 bits per heavy atom. The molecule has 152 valence electrons. The smallest absolute Gasteiger partial charge is 0.291 e. The number of carbonyl (C=O) groups is 1. The van der Waals surface area contributed by atoms with Gasteiger partial charge in [-0.3, -0.25) is 19.7 Å². The zero-order chi connectivity index (χ0) is 20.8. The van der Waals surface area contributed by atoms with E-state index < -0.39 is 16.9 Å². The molecule has 2 unspecified atom stereocenters. The van der Waals surface area contributed by atoms with E-state index in [0.29, 0.717) is 23.1 Å². The second-order valence-corrected chi connectivity index (χ2v) is 7.52. The molecule has 1 saturated heterocycles. The molecule has 2 aliphatic heterocycles. The summed E-state index contributed by atoms with van der Waals surface area (Å²) in [5.41, 5.74) is 0.655. The zero-order valence-corrected chi connectivity index (χ0v) is 15.9. The molecule has 3 aromatic rings. The SMILES string of the molecule is O=C1c2oc3ccccc3c(=O)c2C(c2cccc([N+](=O)[O-])c2)N1CC1CCCO1. The normalized spacial score (nSPS) is 20.7. The number of rotatable bonds is 4. The number of nitro groups is 1. The molecular formula is C22H18N2O6. The van der Waals surface area contributed by atoms with E-state index in [2.05, 4.69) is 0 Å². The minimum atomic E-state index is -0.766. The maximum absolute atomic E-state index is 13.3. The van der Waals surface area contributed by atoms with Crippen LogP contribution in [-0.2, 0) is 4.74 Å². The van der Waals surface area contributed by atoms with Crippen LogP contribution in [-0.4, -0.2) is 35.0 Å². The molecule has 30 heavy (non-hydrogen) atoms. The number of carbonyl (C=O) groups excluding carboxylic acids is 1. The first kappa shape index (κ1) is 18.5. The van der Waals surface area contributed by atoms with Crippen molar-refractivity contribution < 1.29 is 18.9 Å². The minimum Gasteiger partial charge on any atom is -0.450 e. The molecule has 0 saturated carbocycles. The number of nitro benzene ring substituents is 1. The standard InChI is InChI=1S/C22H18N2O6/c25-20-16-8-1-2-9-17(16)30-21-18(20)19(13-5-3-6-14(11-13)24(27)28)23(22(21)26)12-15-7-4-10-29-15/h1-3,5-6,8-9,11,15,19H,4,7,10,12H2. The predicted octanol–water partition coefficient (Wildman–Crippen LogP) is 3.43. The van der Waals surface area contributed by atoms with Gasteiger partial charge in [-0.05, 0) is 30.5 Å². The van der Waals surface area contributed by atoms with Gasteiger partial charge in [-0.2, -0.15) is 0 Å². The van der Waals surface area contributed by atoms with Gasteiger partial charge in [0, 0.05) is 25.3 Å². The molecule has 0 bridgehead atoms. The van der Waals surface area contributed by atoms with E-state index in [0.717, 1.165) is 12.8 Å². The number of amides is 1. The van der Waals surface area contributed by atoms with E-state index in [-0.39, 0.29) is 35.1 Å². The maximum atomic E-state index is 13.3. The van der Waals surface area contributed by atoms with Crippen LogP contribution in [0.25, 0.3) is 11.0 Å². The van der Waals surface area contributed by atoms with Crippen molar-refractivity contribution in [3.63, 3.8) is 0 Å². The van der Waals surface area contributed by atoms with Crippen molar-refractivity contribution in [3.8, 4) is 0 Å². The summed E-state index contributed by atoms with van der Waals surface area (Å²) in [5.74, 6) is -0.409. The highest BCUT2D eigenvalue weighted by Crippen LogP contribution is 2.39. The lowest BCUT2D eigenvalue weighted by Gasteiger charge is -2.27. The van der Waals surface area contributed by atoms with Gasteiger partial charge in [-0.15, -0.1) is 0 Å². The Labute approximate surface area is 170 Å². The molecule has 2 atom stereocenters. The van der Waals surface area contributed by atoms with Crippen molar-refractivity contribution in [2.75, 3.05) is 13.2 Å². The molecule has 1 amide bonds. The van der Waals surface area contributed by atoms with E-state index in [9.17, 15) is 19.7 Å². The van der Waals surface area contributed by atoms with Crippen LogP contribution in [0.2, 0.25) is 0 Å². The highest BCUT2D eigenvalue weighted by molar-refractivity contribution is 5.99. The van der Waals surface area contributed by atoms with E-state index in [1.165, 1.54) is 12.1 Å². The first-order chi connectivity index (χ1) is 14.5. The lowest BCUT2D eigenvalue weighted by Crippen LogP contribution is -2.36.